The molecule has 5 heteroatoms. The summed E-state index contributed by atoms with van der Waals surface area (Å²) >= 11 is 0. The fourth-order valence-electron chi connectivity index (χ4n) is 3.43. The van der Waals surface area contributed by atoms with Crippen LogP contribution in [0.4, 0.5) is 4.39 Å². The second-order valence-corrected chi connectivity index (χ2v) is 6.51. The quantitative estimate of drug-likeness (QED) is 0.875. The minimum Gasteiger partial charge on any atom is -0.432 e. The van der Waals surface area contributed by atoms with Crippen molar-refractivity contribution in [1.82, 2.24) is 4.81 Å². The molecular weight excluding hydrogens is 304 g/mol. The molecule has 1 N–H and O–H groups in total. The van der Waals surface area contributed by atoms with Gasteiger partial charge in [0.05, 0.1) is 0 Å². The van der Waals surface area contributed by atoms with Crippen LogP contribution in [0.1, 0.15) is 24.0 Å². The monoisotopic (exact) mass is 325 g/mol. The summed E-state index contributed by atoms with van der Waals surface area (Å²) in [5.41, 5.74) is 3.54. The molecule has 1 fully saturated rings. The molecule has 0 bridgehead atoms. The predicted octanol–water partition coefficient (Wildman–Crippen LogP) is 3.44. The molecule has 0 saturated carbocycles. The third-order valence-electron chi connectivity index (χ3n) is 4.63. The van der Waals surface area contributed by atoms with Crippen molar-refractivity contribution in [2.24, 2.45) is 0 Å². The molecule has 0 spiro atoms. The van der Waals surface area contributed by atoms with E-state index in [0.29, 0.717) is 18.4 Å². The number of rotatable bonds is 4. The van der Waals surface area contributed by atoms with E-state index in [1.165, 1.54) is 6.07 Å². The molecule has 24 heavy (non-hydrogen) atoms. The lowest BCUT2D eigenvalue weighted by molar-refractivity contribution is -0.125. The van der Waals surface area contributed by atoms with Crippen molar-refractivity contribution in [2.45, 2.75) is 39.1 Å². The zero-order chi connectivity index (χ0) is 17.3. The largest absolute Gasteiger partial charge is 0.432 e. The van der Waals surface area contributed by atoms with Gasteiger partial charge in [-0.1, -0.05) is 35.9 Å². The van der Waals surface area contributed by atoms with Gasteiger partial charge in [0.2, 0.25) is 5.91 Å². The Morgan fingerprint density at radius 1 is 1.25 bits per heavy atom. The third-order valence-corrected chi connectivity index (χ3v) is 4.63. The van der Waals surface area contributed by atoms with E-state index < -0.39 is 7.05 Å². The number of halogens is 1. The predicted molar refractivity (Wildman–Crippen MR) is 94.0 cm³/mol. The zero-order valence-corrected chi connectivity index (χ0v) is 14.0. The van der Waals surface area contributed by atoms with E-state index in [-0.39, 0.29) is 17.8 Å². The third kappa shape index (κ3) is 3.36. The highest BCUT2D eigenvalue weighted by atomic mass is 19.1. The molecule has 2 aromatic rings. The van der Waals surface area contributed by atoms with Crippen LogP contribution in [0.25, 0.3) is 11.1 Å². The second-order valence-electron chi connectivity index (χ2n) is 6.51. The van der Waals surface area contributed by atoms with E-state index >= 15 is 0 Å². The number of benzene rings is 2. The number of hydrogen-bond donors (Lipinski definition) is 1. The maximum atomic E-state index is 14.0. The number of carbonyl (C=O) groups is 1. The Morgan fingerprint density at radius 2 is 1.96 bits per heavy atom. The number of amides is 1. The van der Waals surface area contributed by atoms with Crippen LogP contribution < -0.4 is 0 Å². The van der Waals surface area contributed by atoms with Gasteiger partial charge >= 0.3 is 7.05 Å². The van der Waals surface area contributed by atoms with E-state index in [1.54, 1.807) is 17.7 Å². The van der Waals surface area contributed by atoms with Crippen LogP contribution in [0, 0.1) is 12.7 Å². The van der Waals surface area contributed by atoms with Crippen molar-refractivity contribution >= 4 is 13.0 Å². The summed E-state index contributed by atoms with van der Waals surface area (Å²) in [5, 5.41) is 9.78. The molecule has 1 saturated heterocycles. The van der Waals surface area contributed by atoms with Crippen molar-refractivity contribution in [3.05, 3.63) is 59.4 Å². The minimum atomic E-state index is -0.759. The van der Waals surface area contributed by atoms with E-state index in [4.69, 9.17) is 0 Å². The molecule has 1 aliphatic rings. The Hall–Kier alpha value is -2.14. The maximum absolute atomic E-state index is 14.0. The van der Waals surface area contributed by atoms with Gasteiger partial charge in [-0.25, -0.2) is 4.39 Å². The molecular formula is C19H21BFNO2. The molecule has 0 radical (unpaired) electrons. The molecule has 1 amide bonds. The zero-order valence-electron chi connectivity index (χ0n) is 14.0. The molecule has 1 heterocycles. The van der Waals surface area contributed by atoms with Gasteiger partial charge in [0.25, 0.3) is 0 Å². The molecule has 0 unspecified atom stereocenters. The summed E-state index contributed by atoms with van der Waals surface area (Å²) in [6.07, 6.45) is 1.95. The topological polar surface area (TPSA) is 40.5 Å². The number of carbonyl (C=O) groups excluding carboxylic acids is 1. The van der Waals surface area contributed by atoms with Gasteiger partial charge in [0, 0.05) is 18.0 Å². The number of aryl methyl sites for hydroxylation is 1. The Kier molecular flexibility index (Phi) is 4.72. The molecule has 1 aliphatic heterocycles. The van der Waals surface area contributed by atoms with E-state index in [0.717, 1.165) is 23.1 Å². The molecule has 0 aliphatic carbocycles. The van der Waals surface area contributed by atoms with Crippen LogP contribution in [0.5, 0.6) is 0 Å². The van der Waals surface area contributed by atoms with Gasteiger partial charge in [-0.3, -0.25) is 4.79 Å². The van der Waals surface area contributed by atoms with Crippen LogP contribution in [0.3, 0.4) is 0 Å². The summed E-state index contributed by atoms with van der Waals surface area (Å²) in [4.78, 5) is 13.4. The minimum absolute atomic E-state index is 0.00783. The first-order valence-corrected chi connectivity index (χ1v) is 8.30. The molecule has 0 aromatic heterocycles. The van der Waals surface area contributed by atoms with Gasteiger partial charge in [-0.05, 0) is 49.8 Å². The van der Waals surface area contributed by atoms with Crippen molar-refractivity contribution in [3.63, 3.8) is 0 Å². The maximum Gasteiger partial charge on any atom is 0.411 e. The molecule has 3 nitrogen and oxygen atoms in total. The van der Waals surface area contributed by atoms with Crippen LogP contribution in [-0.4, -0.2) is 28.8 Å². The summed E-state index contributed by atoms with van der Waals surface area (Å²) in [6, 6.07) is 12.9. The lowest BCUT2D eigenvalue weighted by Crippen LogP contribution is -2.44. The van der Waals surface area contributed by atoms with E-state index in [2.05, 4.69) is 0 Å². The Balaban J connectivity index is 1.78. The first-order valence-electron chi connectivity index (χ1n) is 8.30. The fourth-order valence-corrected chi connectivity index (χ4v) is 3.43. The summed E-state index contributed by atoms with van der Waals surface area (Å²) < 4.78 is 14.0. The van der Waals surface area contributed by atoms with Crippen LogP contribution >= 0.6 is 0 Å². The molecule has 2 aromatic carbocycles. The molecule has 124 valence electrons. The highest BCUT2D eigenvalue weighted by Crippen LogP contribution is 2.27. The first kappa shape index (κ1) is 16.7. The summed E-state index contributed by atoms with van der Waals surface area (Å²) in [5.74, 6) is -0.219. The Labute approximate surface area is 142 Å². The van der Waals surface area contributed by atoms with Crippen molar-refractivity contribution in [2.75, 3.05) is 0 Å². The highest BCUT2D eigenvalue weighted by molar-refractivity contribution is 6.49. The Bertz CT molecular complexity index is 746. The first-order chi connectivity index (χ1) is 11.5. The standard InChI is InChI=1S/C19H21BFNO2/c1-13-3-9-18(21)17(11-13)15-6-4-14(5-7-15)12-16-8-10-19(23)22(16)20(2)24/h3-7,9,11,16,24H,8,10,12H2,1-2H3/t16-/m0/s1. The van der Waals surface area contributed by atoms with Crippen LogP contribution in [0.2, 0.25) is 6.82 Å². The smallest absolute Gasteiger partial charge is 0.411 e. The van der Waals surface area contributed by atoms with E-state index in [9.17, 15) is 14.2 Å². The number of nitrogens with zero attached hydrogens (tertiary/aromatic N) is 1. The van der Waals surface area contributed by atoms with Crippen molar-refractivity contribution in [3.8, 4) is 11.1 Å². The van der Waals surface area contributed by atoms with E-state index in [1.807, 2.05) is 37.3 Å². The fraction of sp³-hybridized carbons (Fsp3) is 0.316. The summed E-state index contributed by atoms with van der Waals surface area (Å²) in [7, 11) is -0.759. The highest BCUT2D eigenvalue weighted by Gasteiger charge is 2.35. The average Bonchev–Trinajstić information content (AvgIpc) is 2.91. The normalized spacial score (nSPS) is 17.4. The molecule has 1 atom stereocenters. The average molecular weight is 325 g/mol. The lowest BCUT2D eigenvalue weighted by Gasteiger charge is -2.25. The van der Waals surface area contributed by atoms with Crippen molar-refractivity contribution in [1.29, 1.82) is 0 Å². The SMILES string of the molecule is CB(O)N1C(=O)CC[C@H]1Cc1ccc(-c2cc(C)ccc2F)cc1. The van der Waals surface area contributed by atoms with Crippen molar-refractivity contribution < 1.29 is 14.2 Å². The van der Waals surface area contributed by atoms with Gasteiger partial charge in [-0.2, -0.15) is 0 Å². The second kappa shape index (κ2) is 6.77. The molecule has 3 rings (SSSR count). The van der Waals surface area contributed by atoms with Gasteiger partial charge < -0.3 is 9.83 Å². The number of hydrogen-bond acceptors (Lipinski definition) is 2. The lowest BCUT2D eigenvalue weighted by atomic mass is 9.83. The van der Waals surface area contributed by atoms with Crippen LogP contribution in [-0.2, 0) is 11.2 Å². The van der Waals surface area contributed by atoms with Gasteiger partial charge in [0.1, 0.15) is 5.82 Å². The van der Waals surface area contributed by atoms with Gasteiger partial charge in [-0.15, -0.1) is 0 Å². The van der Waals surface area contributed by atoms with Gasteiger partial charge in [0.15, 0.2) is 0 Å². The Morgan fingerprint density at radius 3 is 2.62 bits per heavy atom. The summed E-state index contributed by atoms with van der Waals surface area (Å²) in [6.45, 7) is 3.57. The van der Waals surface area contributed by atoms with Crippen LogP contribution in [0.15, 0.2) is 42.5 Å².